The highest BCUT2D eigenvalue weighted by molar-refractivity contribution is 9.10. The molecule has 0 unspecified atom stereocenters. The normalized spacial score (nSPS) is 11.2. The summed E-state index contributed by atoms with van der Waals surface area (Å²) >= 11 is 3.20. The fourth-order valence-corrected chi connectivity index (χ4v) is 3.14. The lowest BCUT2D eigenvalue weighted by molar-refractivity contribution is -0.120. The van der Waals surface area contributed by atoms with E-state index in [0.29, 0.717) is 17.6 Å². The van der Waals surface area contributed by atoms with E-state index in [1.165, 1.54) is 26.4 Å². The number of ether oxygens (including phenoxy) is 2. The van der Waals surface area contributed by atoms with Crippen molar-refractivity contribution < 1.29 is 22.7 Å². The molecule has 1 rings (SSSR count). The van der Waals surface area contributed by atoms with Crippen molar-refractivity contribution in [2.75, 3.05) is 33.9 Å². The van der Waals surface area contributed by atoms with Crippen LogP contribution in [0.5, 0.6) is 5.75 Å². The lowest BCUT2D eigenvalue weighted by atomic mass is 10.3. The van der Waals surface area contributed by atoms with E-state index in [0.717, 1.165) is 0 Å². The first-order chi connectivity index (χ1) is 9.90. The predicted molar refractivity (Wildman–Crippen MR) is 80.8 cm³/mol. The van der Waals surface area contributed by atoms with Gasteiger partial charge in [0.15, 0.2) is 0 Å². The summed E-state index contributed by atoms with van der Waals surface area (Å²) in [5, 5.41) is 2.52. The highest BCUT2D eigenvalue weighted by atomic mass is 79.9. The Balaban J connectivity index is 2.74. The van der Waals surface area contributed by atoms with Crippen LogP contribution in [0.15, 0.2) is 27.6 Å². The van der Waals surface area contributed by atoms with Gasteiger partial charge in [0.05, 0.1) is 20.3 Å². The maximum atomic E-state index is 12.2. The summed E-state index contributed by atoms with van der Waals surface area (Å²) in [6, 6.07) is 4.59. The number of amides is 1. The molecule has 0 aliphatic carbocycles. The molecule has 0 heterocycles. The summed E-state index contributed by atoms with van der Waals surface area (Å²) in [7, 11) is -0.965. The summed E-state index contributed by atoms with van der Waals surface area (Å²) in [5.41, 5.74) is 0. The summed E-state index contributed by atoms with van der Waals surface area (Å²) < 4.78 is 37.0. The third kappa shape index (κ3) is 5.62. The van der Waals surface area contributed by atoms with Gasteiger partial charge >= 0.3 is 0 Å². The molecule has 2 N–H and O–H groups in total. The Labute approximate surface area is 132 Å². The largest absolute Gasteiger partial charge is 0.495 e. The third-order valence-corrected chi connectivity index (χ3v) is 4.38. The van der Waals surface area contributed by atoms with Gasteiger partial charge in [0.1, 0.15) is 10.6 Å². The van der Waals surface area contributed by atoms with Crippen LogP contribution in [0, 0.1) is 0 Å². The van der Waals surface area contributed by atoms with Gasteiger partial charge in [0.25, 0.3) is 0 Å². The predicted octanol–water partition coefficient (Wildman–Crippen LogP) is 0.499. The van der Waals surface area contributed by atoms with Gasteiger partial charge in [-0.3, -0.25) is 4.79 Å². The molecule has 9 heteroatoms. The van der Waals surface area contributed by atoms with Crippen molar-refractivity contribution in [3.05, 3.63) is 22.7 Å². The number of hydrogen-bond donors (Lipinski definition) is 2. The lowest BCUT2D eigenvalue weighted by Gasteiger charge is -2.11. The molecule has 0 radical (unpaired) electrons. The van der Waals surface area contributed by atoms with Gasteiger partial charge in [-0.15, -0.1) is 0 Å². The van der Waals surface area contributed by atoms with Crippen LogP contribution in [-0.4, -0.2) is 48.2 Å². The molecule has 0 aliphatic rings. The van der Waals surface area contributed by atoms with Gasteiger partial charge in [-0.1, -0.05) is 15.9 Å². The average Bonchev–Trinajstić information content (AvgIpc) is 2.45. The van der Waals surface area contributed by atoms with Crippen molar-refractivity contribution >= 4 is 31.9 Å². The van der Waals surface area contributed by atoms with Crippen LogP contribution in [0.1, 0.15) is 0 Å². The molecule has 0 aromatic heterocycles. The molecule has 1 amide bonds. The molecule has 21 heavy (non-hydrogen) atoms. The van der Waals surface area contributed by atoms with E-state index < -0.39 is 15.9 Å². The first-order valence-electron chi connectivity index (χ1n) is 5.99. The smallest absolute Gasteiger partial charge is 0.244 e. The molecule has 0 bridgehead atoms. The number of rotatable bonds is 8. The van der Waals surface area contributed by atoms with Crippen LogP contribution in [-0.2, 0) is 19.6 Å². The number of benzene rings is 1. The van der Waals surface area contributed by atoms with E-state index in [9.17, 15) is 13.2 Å². The maximum absolute atomic E-state index is 12.2. The molecule has 0 atom stereocenters. The number of nitrogens with one attached hydrogen (secondary N) is 2. The Bertz CT molecular complexity index is 591. The number of carbonyl (C=O) groups excluding carboxylic acids is 1. The van der Waals surface area contributed by atoms with E-state index in [-0.39, 0.29) is 17.2 Å². The maximum Gasteiger partial charge on any atom is 0.244 e. The van der Waals surface area contributed by atoms with Crippen LogP contribution in [0.25, 0.3) is 0 Å². The van der Waals surface area contributed by atoms with E-state index in [1.807, 2.05) is 0 Å². The van der Waals surface area contributed by atoms with Crippen LogP contribution in [0.3, 0.4) is 0 Å². The van der Waals surface area contributed by atoms with Crippen molar-refractivity contribution in [3.63, 3.8) is 0 Å². The lowest BCUT2D eigenvalue weighted by Crippen LogP contribution is -2.38. The number of halogens is 1. The van der Waals surface area contributed by atoms with Gasteiger partial charge in [0.2, 0.25) is 15.9 Å². The minimum atomic E-state index is -3.85. The van der Waals surface area contributed by atoms with Crippen LogP contribution in [0.2, 0.25) is 0 Å². The average molecular weight is 381 g/mol. The quantitative estimate of drug-likeness (QED) is 0.640. The molecule has 0 saturated heterocycles. The molecule has 0 aliphatic heterocycles. The minimum absolute atomic E-state index is 0.0379. The second-order valence-corrected chi connectivity index (χ2v) is 6.61. The Kier molecular flexibility index (Phi) is 7.09. The zero-order valence-corrected chi connectivity index (χ0v) is 14.1. The third-order valence-electron chi connectivity index (χ3n) is 2.47. The first kappa shape index (κ1) is 17.9. The Hall–Kier alpha value is -1.16. The molecule has 118 valence electrons. The van der Waals surface area contributed by atoms with Crippen LogP contribution < -0.4 is 14.8 Å². The zero-order valence-electron chi connectivity index (χ0n) is 11.7. The van der Waals surface area contributed by atoms with Crippen molar-refractivity contribution in [1.29, 1.82) is 0 Å². The van der Waals surface area contributed by atoms with Gasteiger partial charge < -0.3 is 14.8 Å². The fraction of sp³-hybridized carbons (Fsp3) is 0.417. The van der Waals surface area contributed by atoms with Gasteiger partial charge in [0, 0.05) is 18.1 Å². The molecule has 0 fully saturated rings. The number of methoxy groups -OCH3 is 2. The molecule has 7 nitrogen and oxygen atoms in total. The summed E-state index contributed by atoms with van der Waals surface area (Å²) in [6.45, 7) is 0.316. The number of sulfonamides is 1. The second-order valence-electron chi connectivity index (χ2n) is 3.96. The molecule has 1 aromatic carbocycles. The first-order valence-corrected chi connectivity index (χ1v) is 8.27. The van der Waals surface area contributed by atoms with Gasteiger partial charge in [-0.25, -0.2) is 13.1 Å². The Morgan fingerprint density at radius 2 is 2.05 bits per heavy atom. The van der Waals surface area contributed by atoms with E-state index in [1.54, 1.807) is 6.07 Å². The minimum Gasteiger partial charge on any atom is -0.495 e. The van der Waals surface area contributed by atoms with Crippen molar-refractivity contribution in [2.24, 2.45) is 0 Å². The monoisotopic (exact) mass is 380 g/mol. The standard InChI is InChI=1S/C12H17BrN2O5S/c1-19-6-5-14-12(16)8-15-21(17,18)11-7-9(13)3-4-10(11)20-2/h3-4,7,15H,5-6,8H2,1-2H3,(H,14,16). The van der Waals surface area contributed by atoms with Crippen molar-refractivity contribution in [1.82, 2.24) is 10.0 Å². The Morgan fingerprint density at radius 3 is 2.67 bits per heavy atom. The van der Waals surface area contributed by atoms with Crippen LogP contribution >= 0.6 is 15.9 Å². The summed E-state index contributed by atoms with van der Waals surface area (Å²) in [6.07, 6.45) is 0. The van der Waals surface area contributed by atoms with Gasteiger partial charge in [-0.2, -0.15) is 0 Å². The van der Waals surface area contributed by atoms with Crippen LogP contribution in [0.4, 0.5) is 0 Å². The summed E-state index contributed by atoms with van der Waals surface area (Å²) in [5.74, 6) is -0.241. The topological polar surface area (TPSA) is 93.7 Å². The van der Waals surface area contributed by atoms with Gasteiger partial charge in [-0.05, 0) is 18.2 Å². The van der Waals surface area contributed by atoms with E-state index in [2.05, 4.69) is 26.0 Å². The number of hydrogen-bond acceptors (Lipinski definition) is 5. The Morgan fingerprint density at radius 1 is 1.33 bits per heavy atom. The van der Waals surface area contributed by atoms with E-state index >= 15 is 0 Å². The fourth-order valence-electron chi connectivity index (χ4n) is 1.45. The molecule has 0 saturated carbocycles. The van der Waals surface area contributed by atoms with E-state index in [4.69, 9.17) is 9.47 Å². The molecular weight excluding hydrogens is 364 g/mol. The SMILES string of the molecule is COCCNC(=O)CNS(=O)(=O)c1cc(Br)ccc1OC. The van der Waals surface area contributed by atoms with Crippen molar-refractivity contribution in [3.8, 4) is 5.75 Å². The van der Waals surface area contributed by atoms with Crippen molar-refractivity contribution in [2.45, 2.75) is 4.90 Å². The zero-order chi connectivity index (χ0) is 15.9. The summed E-state index contributed by atoms with van der Waals surface area (Å²) in [4.78, 5) is 11.4. The highest BCUT2D eigenvalue weighted by Gasteiger charge is 2.20. The number of carbonyl (C=O) groups is 1. The molecule has 1 aromatic rings. The molecule has 0 spiro atoms. The molecular formula is C12H17BrN2O5S. The highest BCUT2D eigenvalue weighted by Crippen LogP contribution is 2.26. The second kappa shape index (κ2) is 8.32.